The molecule has 2 aliphatic rings. The number of aromatic nitrogens is 3. The fraction of sp³-hybridized carbons (Fsp3) is 0.591. The highest BCUT2D eigenvalue weighted by molar-refractivity contribution is 7.92. The van der Waals surface area contributed by atoms with E-state index in [1.807, 2.05) is 20.8 Å². The lowest BCUT2D eigenvalue weighted by atomic mass is 9.99. The highest BCUT2D eigenvalue weighted by Gasteiger charge is 2.18. The summed E-state index contributed by atoms with van der Waals surface area (Å²) in [5.74, 6) is -0.0959. The second-order valence-electron chi connectivity index (χ2n) is 7.09. The molecule has 3 heterocycles. The molecule has 0 spiro atoms. The summed E-state index contributed by atoms with van der Waals surface area (Å²) in [5, 5.41) is 11.2. The maximum Gasteiger partial charge on any atom is 0.255 e. The fourth-order valence-corrected chi connectivity index (χ4v) is 3.01. The Kier molecular flexibility index (Phi) is 13.0. The summed E-state index contributed by atoms with van der Waals surface area (Å²) in [7, 11) is 0. The Morgan fingerprint density at radius 3 is 2.44 bits per heavy atom. The van der Waals surface area contributed by atoms with E-state index in [0.29, 0.717) is 29.0 Å². The molecule has 0 atom stereocenters. The molecule has 0 radical (unpaired) electrons. The third kappa shape index (κ3) is 8.83. The number of rotatable bonds is 4. The van der Waals surface area contributed by atoms with E-state index in [1.54, 1.807) is 11.8 Å². The molecule has 1 N–H and O–H groups in total. The number of nitrogens with one attached hydrogen (secondary N) is 1. The number of likely N-dealkylation sites (tertiary alicyclic amines) is 1. The predicted octanol–water partition coefficient (Wildman–Crippen LogP) is 4.45. The van der Waals surface area contributed by atoms with Gasteiger partial charge in [0.15, 0.2) is 18.0 Å². The van der Waals surface area contributed by atoms with Gasteiger partial charge in [0.1, 0.15) is 5.52 Å². The van der Waals surface area contributed by atoms with E-state index < -0.39 is 0 Å². The average Bonchev–Trinajstić information content (AvgIpc) is 3.68. The smallest absolute Gasteiger partial charge is 0.255 e. The Labute approximate surface area is 194 Å². The number of hydrogen-bond acceptors (Lipinski definition) is 6. The zero-order chi connectivity index (χ0) is 23.9. The predicted molar refractivity (Wildman–Crippen MR) is 126 cm³/mol. The minimum atomic E-state index is -0.273. The van der Waals surface area contributed by atoms with E-state index >= 15 is 0 Å². The molecule has 4 rings (SSSR count). The van der Waals surface area contributed by atoms with E-state index in [9.17, 15) is 13.5 Å². The number of amides is 2. The first-order chi connectivity index (χ1) is 15.5. The molecule has 1 aliphatic heterocycles. The molecule has 0 bridgehead atoms. The monoisotopic (exact) mass is 464 g/mol. The number of aryl methyl sites for hydroxylation is 1. The first-order valence-corrected chi connectivity index (χ1v) is 11.7. The molecular weight excluding hydrogens is 431 g/mol. The molecule has 1 saturated carbocycles. The number of piperidine rings is 1. The molecule has 10 heteroatoms. The van der Waals surface area contributed by atoms with E-state index in [1.165, 1.54) is 35.6 Å². The van der Waals surface area contributed by atoms with Crippen molar-refractivity contribution in [3.05, 3.63) is 23.7 Å². The molecule has 0 unspecified atom stereocenters. The second kappa shape index (κ2) is 15.2. The lowest BCUT2D eigenvalue weighted by molar-refractivity contribution is -0.119. The van der Waals surface area contributed by atoms with E-state index in [0.717, 1.165) is 32.3 Å². The quantitative estimate of drug-likeness (QED) is 0.671. The summed E-state index contributed by atoms with van der Waals surface area (Å²) in [4.78, 5) is 32.0. The van der Waals surface area contributed by atoms with Gasteiger partial charge in [-0.3, -0.25) is 9.59 Å². The van der Waals surface area contributed by atoms with Crippen molar-refractivity contribution >= 4 is 35.8 Å². The number of nitriles is 1. The van der Waals surface area contributed by atoms with Crippen LogP contribution in [0.4, 0.5) is 3.89 Å². The Morgan fingerprint density at radius 1 is 1.34 bits per heavy atom. The third-order valence-electron chi connectivity index (χ3n) is 4.45. The number of carbonyl (C=O) groups is 2. The van der Waals surface area contributed by atoms with Gasteiger partial charge >= 0.3 is 0 Å². The lowest BCUT2D eigenvalue weighted by Gasteiger charge is -2.24. The van der Waals surface area contributed by atoms with Crippen LogP contribution in [0.25, 0.3) is 11.2 Å². The van der Waals surface area contributed by atoms with Gasteiger partial charge in [-0.2, -0.15) is 5.26 Å². The van der Waals surface area contributed by atoms with Crippen LogP contribution >= 0.6 is 12.3 Å². The van der Waals surface area contributed by atoms with Gasteiger partial charge in [0.25, 0.3) is 5.91 Å². The van der Waals surface area contributed by atoms with Crippen molar-refractivity contribution in [1.29, 1.82) is 5.26 Å². The Bertz CT molecular complexity index is 886. The maximum absolute atomic E-state index is 12.7. The SMILES string of the molecule is C1CC1.CC.CCNC(=O)c1cn(SF)c2ncc(C)nc12.N#CC1CCN(C=O)CC1. The van der Waals surface area contributed by atoms with E-state index in [-0.39, 0.29) is 24.2 Å². The number of nitrogens with zero attached hydrogens (tertiary/aromatic N) is 5. The topological polar surface area (TPSA) is 104 Å². The summed E-state index contributed by atoms with van der Waals surface area (Å²) >= 11 is -0.00536. The summed E-state index contributed by atoms with van der Waals surface area (Å²) < 4.78 is 13.9. The number of carbonyl (C=O) groups excluding carboxylic acids is 2. The molecule has 1 aliphatic carbocycles. The van der Waals surface area contributed by atoms with Gasteiger partial charge in [-0.15, -0.1) is 3.89 Å². The molecule has 2 aromatic heterocycles. The number of hydrogen-bond donors (Lipinski definition) is 1. The summed E-state index contributed by atoms with van der Waals surface area (Å²) in [5.41, 5.74) is 1.79. The molecule has 1 saturated heterocycles. The average molecular weight is 465 g/mol. The molecule has 0 aromatic carbocycles. The minimum Gasteiger partial charge on any atom is -0.352 e. The van der Waals surface area contributed by atoms with Crippen molar-refractivity contribution in [1.82, 2.24) is 24.2 Å². The molecule has 2 aromatic rings. The van der Waals surface area contributed by atoms with Crippen LogP contribution in [0.3, 0.4) is 0 Å². The zero-order valence-electron chi connectivity index (χ0n) is 19.3. The van der Waals surface area contributed by atoms with Crippen LogP contribution < -0.4 is 5.32 Å². The maximum atomic E-state index is 12.7. The Morgan fingerprint density at radius 2 is 1.97 bits per heavy atom. The second-order valence-corrected chi connectivity index (χ2v) is 7.62. The number of fused-ring (bicyclic) bond motifs is 1. The van der Waals surface area contributed by atoms with Crippen molar-refractivity contribution < 1.29 is 13.5 Å². The molecule has 2 fully saturated rings. The summed E-state index contributed by atoms with van der Waals surface area (Å²) in [6.45, 7) is 9.60. The Hall–Kier alpha value is -2.67. The van der Waals surface area contributed by atoms with Crippen molar-refractivity contribution in [3.8, 4) is 6.07 Å². The fourth-order valence-electron chi connectivity index (χ4n) is 2.66. The molecule has 8 nitrogen and oxygen atoms in total. The lowest BCUT2D eigenvalue weighted by Crippen LogP contribution is -2.31. The minimum absolute atomic E-state index is 0.00536. The largest absolute Gasteiger partial charge is 0.352 e. The summed E-state index contributed by atoms with van der Waals surface area (Å²) in [6, 6.07) is 2.21. The normalized spacial score (nSPS) is 14.4. The zero-order valence-corrected chi connectivity index (χ0v) is 20.1. The van der Waals surface area contributed by atoms with Crippen molar-refractivity contribution in [2.75, 3.05) is 19.6 Å². The first kappa shape index (κ1) is 27.4. The van der Waals surface area contributed by atoms with Crippen LogP contribution in [0.2, 0.25) is 0 Å². The number of halogens is 1. The van der Waals surface area contributed by atoms with Gasteiger partial charge < -0.3 is 10.2 Å². The summed E-state index contributed by atoms with van der Waals surface area (Å²) in [6.07, 6.45) is 9.98. The van der Waals surface area contributed by atoms with Gasteiger partial charge in [-0.05, 0) is 26.7 Å². The standard InChI is InChI=1S/C10H11FN4OS.C7H10N2O.C3H6.C2H6/c1-3-12-10(16)7-5-15(17-11)9-8(7)14-6(2)4-13-9;8-5-7-1-3-9(6-10)4-2-7;1-2-3-1;1-2/h4-5H,3H2,1-2H3,(H,12,16);6-7H,1-4H2;1-3H2;1-2H3. The first-order valence-electron chi connectivity index (χ1n) is 11.0. The van der Waals surface area contributed by atoms with Crippen LogP contribution in [0.5, 0.6) is 0 Å². The highest BCUT2D eigenvalue weighted by atomic mass is 32.2. The Balaban J connectivity index is 0.000000287. The van der Waals surface area contributed by atoms with Gasteiger partial charge in [-0.25, -0.2) is 13.9 Å². The van der Waals surface area contributed by atoms with Gasteiger partial charge in [-0.1, -0.05) is 33.1 Å². The van der Waals surface area contributed by atoms with Crippen LogP contribution in [-0.4, -0.2) is 50.8 Å². The van der Waals surface area contributed by atoms with E-state index in [2.05, 4.69) is 21.4 Å². The van der Waals surface area contributed by atoms with Crippen molar-refractivity contribution in [2.24, 2.45) is 5.92 Å². The highest BCUT2D eigenvalue weighted by Crippen LogP contribution is 2.23. The van der Waals surface area contributed by atoms with Gasteiger partial charge in [0, 0.05) is 31.7 Å². The van der Waals surface area contributed by atoms with Gasteiger partial charge in [0.05, 0.1) is 23.5 Å². The van der Waals surface area contributed by atoms with Crippen LogP contribution in [0.1, 0.15) is 68.9 Å². The van der Waals surface area contributed by atoms with E-state index in [4.69, 9.17) is 5.26 Å². The molecule has 176 valence electrons. The molecule has 32 heavy (non-hydrogen) atoms. The van der Waals surface area contributed by atoms with Crippen LogP contribution in [0, 0.1) is 24.2 Å². The van der Waals surface area contributed by atoms with Gasteiger partial charge in [0.2, 0.25) is 6.41 Å². The van der Waals surface area contributed by atoms with Crippen LogP contribution in [0.15, 0.2) is 12.4 Å². The van der Waals surface area contributed by atoms with Crippen LogP contribution in [-0.2, 0) is 4.79 Å². The molecular formula is C22H33FN6O2S. The van der Waals surface area contributed by atoms with Crippen molar-refractivity contribution in [2.45, 2.75) is 59.8 Å². The molecule has 2 amide bonds. The third-order valence-corrected chi connectivity index (χ3v) is 4.88. The van der Waals surface area contributed by atoms with Crippen molar-refractivity contribution in [3.63, 3.8) is 0 Å².